The van der Waals surface area contributed by atoms with Crippen LogP contribution in [0.2, 0.25) is 18.6 Å². The molecule has 40 heavy (non-hydrogen) atoms. The van der Waals surface area contributed by atoms with E-state index in [9.17, 15) is 0 Å². The summed E-state index contributed by atoms with van der Waals surface area (Å²) in [7, 11) is 12.0. The fourth-order valence-corrected chi connectivity index (χ4v) is 12.0. The number of halogens is 2. The molecule has 6 rings (SSSR count). The predicted molar refractivity (Wildman–Crippen MR) is 176 cm³/mol. The Kier molecular flexibility index (Phi) is 10.0. The number of anilines is 3. The zero-order valence-corrected chi connectivity index (χ0v) is 28.3. The van der Waals surface area contributed by atoms with Crippen LogP contribution in [-0.4, -0.2) is 22.3 Å². The average Bonchev–Trinajstić information content (AvgIpc) is 3.28. The molecule has 0 N–H and O–H groups in total. The van der Waals surface area contributed by atoms with E-state index in [4.69, 9.17) is 23.9 Å². The molecule has 0 radical (unpaired) electrons. The van der Waals surface area contributed by atoms with Gasteiger partial charge in [0.1, 0.15) is 0 Å². The van der Waals surface area contributed by atoms with E-state index in [2.05, 4.69) is 135 Å². The van der Waals surface area contributed by atoms with Crippen molar-refractivity contribution < 1.29 is 17.0 Å². The van der Waals surface area contributed by atoms with Crippen LogP contribution >= 0.6 is 18.6 Å². The van der Waals surface area contributed by atoms with Crippen molar-refractivity contribution in [2.75, 3.05) is 23.6 Å². The van der Waals surface area contributed by atoms with Crippen LogP contribution in [0.25, 0.3) is 10.9 Å². The minimum absolute atomic E-state index is 0. The molecule has 3 nitrogen and oxygen atoms in total. The Morgan fingerprint density at radius 1 is 0.900 bits per heavy atom. The number of fused-ring (bicyclic) bond motifs is 3. The molecule has 0 saturated heterocycles. The van der Waals surface area contributed by atoms with Crippen molar-refractivity contribution >= 4 is 60.9 Å². The summed E-state index contributed by atoms with van der Waals surface area (Å²) in [5.41, 5.74) is 9.53. The van der Waals surface area contributed by atoms with Gasteiger partial charge in [-0.25, -0.2) is 0 Å². The Bertz CT molecular complexity index is 1330. The topological polar surface area (TPSA) is 20.6 Å². The normalized spacial score (nSPS) is 22.3. The van der Waals surface area contributed by atoms with Crippen LogP contribution in [-0.2, 0) is 17.0 Å². The summed E-state index contributed by atoms with van der Waals surface area (Å²) < 4.78 is 2.73. The molecule has 1 heterocycles. The summed E-state index contributed by atoms with van der Waals surface area (Å²) in [5, 5.41) is 5.02. The van der Waals surface area contributed by atoms with Crippen molar-refractivity contribution in [1.82, 2.24) is 0 Å². The van der Waals surface area contributed by atoms with Crippen molar-refractivity contribution in [3.63, 3.8) is 0 Å². The second-order valence-corrected chi connectivity index (χ2v) is 18.5. The van der Waals surface area contributed by atoms with Gasteiger partial charge in [-0.1, -0.05) is 86.8 Å². The van der Waals surface area contributed by atoms with Crippen LogP contribution in [0.4, 0.5) is 28.4 Å². The molecule has 7 heteroatoms. The Morgan fingerprint density at radius 2 is 1.45 bits per heavy atom. The molecule has 1 fully saturated rings. The molecule has 3 aliphatic rings. The Hall–Kier alpha value is -1.95. The summed E-state index contributed by atoms with van der Waals surface area (Å²) in [5.74, 6) is 1.80. The zero-order valence-electron chi connectivity index (χ0n) is 24.3. The maximum atomic E-state index is 5.02. The van der Waals surface area contributed by atoms with Crippen molar-refractivity contribution in [2.24, 2.45) is 17.8 Å². The molecule has 0 amide bonds. The molecule has 3 aromatic carbocycles. The average molecular weight is 625 g/mol. The van der Waals surface area contributed by atoms with Crippen molar-refractivity contribution in [3.05, 3.63) is 109 Å². The second kappa shape index (κ2) is 12.9. The van der Waals surface area contributed by atoms with E-state index in [1.807, 2.05) is 0 Å². The molecular weight excluding hydrogens is 585 g/mol. The summed E-state index contributed by atoms with van der Waals surface area (Å²) in [6.07, 6.45) is 8.48. The zero-order chi connectivity index (χ0) is 27.7. The number of para-hydroxylation sites is 4. The van der Waals surface area contributed by atoms with E-state index >= 15 is 0 Å². The number of rotatable bonds is 4. The summed E-state index contributed by atoms with van der Waals surface area (Å²) in [6.45, 7) is 7.69. The van der Waals surface area contributed by atoms with Crippen LogP contribution in [0.1, 0.15) is 18.9 Å². The number of allylic oxidation sites excluding steroid dienone is 4. The third kappa shape index (κ3) is 5.71. The van der Waals surface area contributed by atoms with Crippen molar-refractivity contribution in [2.45, 2.75) is 32.0 Å². The first-order chi connectivity index (χ1) is 18.8. The van der Waals surface area contributed by atoms with Crippen LogP contribution in [0.15, 0.2) is 91.0 Å². The predicted octanol–water partition coefficient (Wildman–Crippen LogP) is 10.9. The number of hydrogen-bond donors (Lipinski definition) is 0. The van der Waals surface area contributed by atoms with Crippen LogP contribution in [0, 0.1) is 25.2 Å². The van der Waals surface area contributed by atoms with Crippen LogP contribution < -0.4 is 9.47 Å². The summed E-state index contributed by atoms with van der Waals surface area (Å²) in [4.78, 5) is 2.17. The van der Waals surface area contributed by atoms with Gasteiger partial charge in [0, 0.05) is 31.2 Å². The number of hydrogen-bond acceptors (Lipinski definition) is 2. The third-order valence-electron chi connectivity index (χ3n) is 8.72. The first-order valence-electron chi connectivity index (χ1n) is 13.6. The molecule has 0 bridgehead atoms. The van der Waals surface area contributed by atoms with Crippen molar-refractivity contribution in [3.8, 4) is 0 Å². The number of benzene rings is 3. The van der Waals surface area contributed by atoms with E-state index in [-0.39, 0.29) is 7.43 Å². The molecule has 210 valence electrons. The molecule has 1 aliphatic heterocycles. The molecule has 2 aliphatic carbocycles. The fraction of sp³-hybridized carbons (Fsp3) is 0.303. The molecular formula is C33H39Cl2N3SiTi-2. The van der Waals surface area contributed by atoms with Gasteiger partial charge in [-0.15, -0.1) is 11.4 Å². The monoisotopic (exact) mass is 623 g/mol. The molecule has 0 spiro atoms. The SMILES string of the molecule is C[C@@H]1C[C@@H]2C(c3ccc(N(C)C)cc3)=CC=C[C@@H]2C1[Si](C)(C)N1c2ccccc2[N-]c2ccccc21.[CH3-].[Cl][Ti][Cl]. The molecule has 3 aromatic rings. The third-order valence-corrected chi connectivity index (χ3v) is 12.9. The first kappa shape index (κ1) is 31.0. The summed E-state index contributed by atoms with van der Waals surface area (Å²) in [6, 6.07) is 26.6. The maximum absolute atomic E-state index is 5.02. The van der Waals surface area contributed by atoms with E-state index in [0.29, 0.717) is 23.3 Å². The minimum atomic E-state index is -2.01. The van der Waals surface area contributed by atoms with Gasteiger partial charge in [0.25, 0.3) is 0 Å². The van der Waals surface area contributed by atoms with Gasteiger partial charge in [-0.3, -0.25) is 0 Å². The first-order valence-corrected chi connectivity index (χ1v) is 20.9. The van der Waals surface area contributed by atoms with E-state index in [1.165, 1.54) is 34.6 Å². The van der Waals surface area contributed by atoms with Gasteiger partial charge in [0.05, 0.1) is 0 Å². The Morgan fingerprint density at radius 3 is 2.00 bits per heavy atom. The van der Waals surface area contributed by atoms with E-state index in [1.54, 1.807) is 0 Å². The number of nitrogens with zero attached hydrogens (tertiary/aromatic N) is 3. The van der Waals surface area contributed by atoms with Gasteiger partial charge in [0.2, 0.25) is 0 Å². The standard InChI is InChI=1S/C32H36N3Si.CH3.2ClH.Ti/c1-22-21-27-25(23-17-19-24(20-18-23)34(2)3)11-10-12-26(27)32(22)36(4,5)35-30-15-8-6-13-28(30)33-29-14-7-9-16-31(29)35;;;;/h6-20,22,26-27,32H,21H2,1-5H3;1H3;2*1H;/q2*-1;;;+2/p-2/t22-,26+,27-,32?;;;;/m1..../s1. The fourth-order valence-electron chi connectivity index (χ4n) is 7.29. The molecule has 1 unspecified atom stereocenters. The second-order valence-electron chi connectivity index (χ2n) is 11.5. The van der Waals surface area contributed by atoms with Gasteiger partial charge in [0.15, 0.2) is 8.24 Å². The Balaban J connectivity index is 0.000000886. The molecule has 1 saturated carbocycles. The quantitative estimate of drug-likeness (QED) is 0.213. The van der Waals surface area contributed by atoms with Gasteiger partial charge in [-0.05, 0) is 65.1 Å². The van der Waals surface area contributed by atoms with Gasteiger partial charge in [-0.2, -0.15) is 0 Å². The van der Waals surface area contributed by atoms with Crippen LogP contribution in [0.3, 0.4) is 0 Å². The van der Waals surface area contributed by atoms with Gasteiger partial charge >= 0.3 is 35.6 Å². The molecule has 4 atom stereocenters. The van der Waals surface area contributed by atoms with Gasteiger partial charge < -0.3 is 22.2 Å². The van der Waals surface area contributed by atoms with E-state index < -0.39 is 25.3 Å². The van der Waals surface area contributed by atoms with Crippen LogP contribution in [0.5, 0.6) is 0 Å². The Labute approximate surface area is 259 Å². The van der Waals surface area contributed by atoms with E-state index in [0.717, 1.165) is 11.4 Å². The molecule has 0 aromatic heterocycles. The summed E-state index contributed by atoms with van der Waals surface area (Å²) >= 11 is -0.556. The van der Waals surface area contributed by atoms with Crippen molar-refractivity contribution in [1.29, 1.82) is 0 Å².